The van der Waals surface area contributed by atoms with E-state index in [0.717, 1.165) is 0 Å². The molecule has 0 aromatic carbocycles. The Morgan fingerprint density at radius 2 is 2.00 bits per heavy atom. The van der Waals surface area contributed by atoms with Crippen molar-refractivity contribution in [1.29, 1.82) is 0 Å². The summed E-state index contributed by atoms with van der Waals surface area (Å²) in [6, 6.07) is 3.29. The number of pyridine rings is 1. The molecule has 1 aliphatic rings. The van der Waals surface area contributed by atoms with Gasteiger partial charge < -0.3 is 20.1 Å². The Balaban J connectivity index is 1.90. The number of aliphatic carboxylic acids is 1. The van der Waals surface area contributed by atoms with Gasteiger partial charge in [0.15, 0.2) is 0 Å². The van der Waals surface area contributed by atoms with Crippen LogP contribution in [0.15, 0.2) is 18.3 Å². The lowest BCUT2D eigenvalue weighted by Gasteiger charge is -2.35. The van der Waals surface area contributed by atoms with Crippen LogP contribution in [0.1, 0.15) is 13.3 Å². The number of carbonyl (C=O) groups excluding carboxylic acids is 2. The van der Waals surface area contributed by atoms with Gasteiger partial charge >= 0.3 is 5.97 Å². The van der Waals surface area contributed by atoms with E-state index in [1.165, 1.54) is 20.2 Å². The fourth-order valence-corrected chi connectivity index (χ4v) is 2.86. The zero-order chi connectivity index (χ0) is 19.1. The number of amides is 2. The molecule has 0 bridgehead atoms. The van der Waals surface area contributed by atoms with E-state index in [1.807, 2.05) is 4.90 Å². The summed E-state index contributed by atoms with van der Waals surface area (Å²) in [4.78, 5) is 42.8. The van der Waals surface area contributed by atoms with Crippen LogP contribution in [0.4, 0.5) is 5.69 Å². The van der Waals surface area contributed by atoms with Crippen molar-refractivity contribution in [3.05, 3.63) is 18.3 Å². The molecule has 26 heavy (non-hydrogen) atoms. The van der Waals surface area contributed by atoms with E-state index < -0.39 is 17.8 Å². The van der Waals surface area contributed by atoms with Crippen LogP contribution in [0, 0.1) is 5.92 Å². The highest BCUT2D eigenvalue weighted by molar-refractivity contribution is 5.94. The van der Waals surface area contributed by atoms with Crippen LogP contribution in [0.5, 0.6) is 5.88 Å². The molecule has 1 unspecified atom stereocenters. The van der Waals surface area contributed by atoms with Crippen molar-refractivity contribution in [2.75, 3.05) is 45.2 Å². The summed E-state index contributed by atoms with van der Waals surface area (Å²) in [5.74, 6) is -1.97. The van der Waals surface area contributed by atoms with Gasteiger partial charge in [0.2, 0.25) is 17.7 Å². The van der Waals surface area contributed by atoms with Crippen molar-refractivity contribution in [3.8, 4) is 5.88 Å². The molecule has 9 nitrogen and oxygen atoms in total. The normalized spacial score (nSPS) is 16.0. The second-order valence-electron chi connectivity index (χ2n) is 6.15. The number of rotatable bonds is 7. The summed E-state index contributed by atoms with van der Waals surface area (Å²) in [5, 5.41) is 12.1. The van der Waals surface area contributed by atoms with Crippen LogP contribution in [-0.2, 0) is 14.4 Å². The third-order valence-corrected chi connectivity index (χ3v) is 4.32. The highest BCUT2D eigenvalue weighted by Crippen LogP contribution is 2.20. The van der Waals surface area contributed by atoms with Gasteiger partial charge in [0.05, 0.1) is 13.0 Å². The Kier molecular flexibility index (Phi) is 6.90. The number of hydrogen-bond donors (Lipinski definition) is 2. The number of carboxylic acids is 1. The van der Waals surface area contributed by atoms with Crippen molar-refractivity contribution < 1.29 is 24.2 Å². The second kappa shape index (κ2) is 9.14. The largest absolute Gasteiger partial charge is 0.481 e. The maximum absolute atomic E-state index is 12.2. The Labute approximate surface area is 151 Å². The summed E-state index contributed by atoms with van der Waals surface area (Å²) < 4.78 is 5.07. The Morgan fingerprint density at radius 1 is 1.31 bits per heavy atom. The van der Waals surface area contributed by atoms with Crippen LogP contribution in [-0.4, -0.2) is 77.5 Å². The molecule has 2 N–H and O–H groups in total. The summed E-state index contributed by atoms with van der Waals surface area (Å²) >= 11 is 0. The summed E-state index contributed by atoms with van der Waals surface area (Å²) in [5.41, 5.74) is 0.402. The molecule has 1 atom stereocenters. The van der Waals surface area contributed by atoms with Crippen LogP contribution in [0.2, 0.25) is 0 Å². The summed E-state index contributed by atoms with van der Waals surface area (Å²) in [6.45, 7) is 4.12. The van der Waals surface area contributed by atoms with Crippen LogP contribution < -0.4 is 10.1 Å². The lowest BCUT2D eigenvalue weighted by molar-refractivity contribution is -0.144. The number of nitrogens with one attached hydrogen (secondary N) is 1. The van der Waals surface area contributed by atoms with Crippen LogP contribution >= 0.6 is 0 Å². The Bertz CT molecular complexity index is 658. The first-order valence-electron chi connectivity index (χ1n) is 8.40. The van der Waals surface area contributed by atoms with Gasteiger partial charge in [0.25, 0.3) is 0 Å². The fourth-order valence-electron chi connectivity index (χ4n) is 2.86. The SMILES string of the molecule is COc1ncccc1NC(=O)CC(CN1CCN(C(C)=O)CC1)C(=O)O. The lowest BCUT2D eigenvalue weighted by atomic mass is 10.0. The number of carboxylic acid groups (broad SMARTS) is 1. The van der Waals surface area contributed by atoms with Gasteiger partial charge in [-0.15, -0.1) is 0 Å². The standard InChI is InChI=1S/C17H24N4O5/c1-12(22)21-8-6-20(7-9-21)11-13(17(24)25)10-15(23)19-14-4-3-5-18-16(14)26-2/h3-5,13H,6-11H2,1-2H3,(H,19,23)(H,24,25). The molecule has 1 aromatic heterocycles. The van der Waals surface area contributed by atoms with Crippen molar-refractivity contribution in [1.82, 2.24) is 14.8 Å². The smallest absolute Gasteiger partial charge is 0.308 e. The van der Waals surface area contributed by atoms with Crippen LogP contribution in [0.3, 0.4) is 0 Å². The minimum absolute atomic E-state index is 0.0178. The van der Waals surface area contributed by atoms with E-state index >= 15 is 0 Å². The van der Waals surface area contributed by atoms with Gasteiger partial charge in [0, 0.05) is 52.3 Å². The number of anilines is 1. The van der Waals surface area contributed by atoms with Gasteiger partial charge in [-0.05, 0) is 12.1 Å². The summed E-state index contributed by atoms with van der Waals surface area (Å²) in [7, 11) is 1.44. The average Bonchev–Trinajstić information content (AvgIpc) is 2.62. The molecule has 1 aromatic rings. The zero-order valence-corrected chi connectivity index (χ0v) is 15.0. The number of carbonyl (C=O) groups is 3. The van der Waals surface area contributed by atoms with Crippen molar-refractivity contribution >= 4 is 23.5 Å². The topological polar surface area (TPSA) is 112 Å². The lowest BCUT2D eigenvalue weighted by Crippen LogP contribution is -2.50. The van der Waals surface area contributed by atoms with Gasteiger partial charge in [-0.25, -0.2) is 4.98 Å². The number of piperazine rings is 1. The molecule has 0 saturated carbocycles. The molecule has 2 heterocycles. The highest BCUT2D eigenvalue weighted by Gasteiger charge is 2.27. The predicted octanol–water partition coefficient (Wildman–Crippen LogP) is 0.284. The molecule has 0 radical (unpaired) electrons. The van der Waals surface area contributed by atoms with E-state index in [9.17, 15) is 19.5 Å². The molecule has 1 aliphatic heterocycles. The van der Waals surface area contributed by atoms with Crippen molar-refractivity contribution in [3.63, 3.8) is 0 Å². The first-order chi connectivity index (χ1) is 12.4. The Hall–Kier alpha value is -2.68. The van der Waals surface area contributed by atoms with Gasteiger partial charge in [-0.1, -0.05) is 0 Å². The monoisotopic (exact) mass is 364 g/mol. The molecule has 9 heteroatoms. The van der Waals surface area contributed by atoms with Crippen molar-refractivity contribution in [2.45, 2.75) is 13.3 Å². The molecular weight excluding hydrogens is 340 g/mol. The molecular formula is C17H24N4O5. The average molecular weight is 364 g/mol. The fraction of sp³-hybridized carbons (Fsp3) is 0.529. The van der Waals surface area contributed by atoms with E-state index in [1.54, 1.807) is 17.0 Å². The first kappa shape index (κ1) is 19.6. The number of aromatic nitrogens is 1. The second-order valence-corrected chi connectivity index (χ2v) is 6.15. The van der Waals surface area contributed by atoms with Crippen LogP contribution in [0.25, 0.3) is 0 Å². The Morgan fingerprint density at radius 3 is 2.58 bits per heavy atom. The maximum Gasteiger partial charge on any atom is 0.308 e. The zero-order valence-electron chi connectivity index (χ0n) is 15.0. The van der Waals surface area contributed by atoms with E-state index in [4.69, 9.17) is 4.74 Å². The molecule has 1 saturated heterocycles. The number of nitrogens with zero attached hydrogens (tertiary/aromatic N) is 3. The maximum atomic E-state index is 12.2. The van der Waals surface area contributed by atoms with Crippen molar-refractivity contribution in [2.24, 2.45) is 5.92 Å². The van der Waals surface area contributed by atoms with Gasteiger partial charge in [0.1, 0.15) is 5.69 Å². The molecule has 0 spiro atoms. The van der Waals surface area contributed by atoms with E-state index in [2.05, 4.69) is 10.3 Å². The highest BCUT2D eigenvalue weighted by atomic mass is 16.5. The quantitative estimate of drug-likeness (QED) is 0.715. The summed E-state index contributed by atoms with van der Waals surface area (Å²) in [6.07, 6.45) is 1.38. The molecule has 2 rings (SSSR count). The molecule has 2 amide bonds. The van der Waals surface area contributed by atoms with E-state index in [-0.39, 0.29) is 24.8 Å². The molecule has 1 fully saturated rings. The third-order valence-electron chi connectivity index (χ3n) is 4.32. The van der Waals surface area contributed by atoms with Gasteiger partial charge in [-0.2, -0.15) is 0 Å². The number of ether oxygens (including phenoxy) is 1. The third kappa shape index (κ3) is 5.41. The molecule has 0 aliphatic carbocycles. The minimum Gasteiger partial charge on any atom is -0.481 e. The minimum atomic E-state index is -1.02. The first-order valence-corrected chi connectivity index (χ1v) is 8.40. The van der Waals surface area contributed by atoms with Gasteiger partial charge in [-0.3, -0.25) is 19.3 Å². The van der Waals surface area contributed by atoms with E-state index in [0.29, 0.717) is 31.9 Å². The number of methoxy groups -OCH3 is 1. The molecule has 142 valence electrons. The predicted molar refractivity (Wildman–Crippen MR) is 93.9 cm³/mol. The number of hydrogen-bond acceptors (Lipinski definition) is 6.